The molecule has 0 heterocycles. The van der Waals surface area contributed by atoms with Crippen LogP contribution in [-0.4, -0.2) is 12.5 Å². The SMILES string of the molecule is COc1cccc(C)c1NC(C)S. The van der Waals surface area contributed by atoms with Crippen LogP contribution in [0.15, 0.2) is 18.2 Å². The fourth-order valence-corrected chi connectivity index (χ4v) is 1.33. The highest BCUT2D eigenvalue weighted by Crippen LogP contribution is 2.28. The van der Waals surface area contributed by atoms with Crippen LogP contribution in [0.2, 0.25) is 0 Å². The summed E-state index contributed by atoms with van der Waals surface area (Å²) in [5.41, 5.74) is 2.19. The molecule has 2 nitrogen and oxygen atoms in total. The van der Waals surface area contributed by atoms with Crippen molar-refractivity contribution in [2.45, 2.75) is 19.2 Å². The number of para-hydroxylation sites is 1. The van der Waals surface area contributed by atoms with Crippen LogP contribution < -0.4 is 10.1 Å². The Balaban J connectivity index is 3.00. The summed E-state index contributed by atoms with van der Waals surface area (Å²) in [6.07, 6.45) is 0. The lowest BCUT2D eigenvalue weighted by atomic mass is 10.2. The van der Waals surface area contributed by atoms with Gasteiger partial charge in [-0.3, -0.25) is 0 Å². The molecule has 0 saturated heterocycles. The van der Waals surface area contributed by atoms with E-state index in [4.69, 9.17) is 4.74 Å². The Morgan fingerprint density at radius 1 is 1.46 bits per heavy atom. The Bertz CT molecular complexity index is 286. The van der Waals surface area contributed by atoms with Crippen LogP contribution in [0.4, 0.5) is 5.69 Å². The van der Waals surface area contributed by atoms with Crippen molar-refractivity contribution >= 4 is 18.3 Å². The predicted molar refractivity (Wildman–Crippen MR) is 59.8 cm³/mol. The first-order valence-corrected chi connectivity index (χ1v) is 4.75. The number of nitrogens with one attached hydrogen (secondary N) is 1. The second-order valence-corrected chi connectivity index (χ2v) is 3.75. The Hall–Kier alpha value is -0.830. The lowest BCUT2D eigenvalue weighted by molar-refractivity contribution is 0.416. The maximum absolute atomic E-state index is 5.23. The van der Waals surface area contributed by atoms with Gasteiger partial charge in [0, 0.05) is 0 Å². The lowest BCUT2D eigenvalue weighted by Gasteiger charge is -2.15. The molecule has 1 N–H and O–H groups in total. The smallest absolute Gasteiger partial charge is 0.142 e. The van der Waals surface area contributed by atoms with Crippen molar-refractivity contribution in [3.63, 3.8) is 0 Å². The van der Waals surface area contributed by atoms with Gasteiger partial charge in [-0.1, -0.05) is 12.1 Å². The molecule has 0 spiro atoms. The van der Waals surface area contributed by atoms with Crippen molar-refractivity contribution in [1.29, 1.82) is 0 Å². The van der Waals surface area contributed by atoms with Gasteiger partial charge in [0.15, 0.2) is 0 Å². The predicted octanol–water partition coefficient (Wildman–Crippen LogP) is 2.69. The van der Waals surface area contributed by atoms with E-state index in [1.54, 1.807) is 7.11 Å². The summed E-state index contributed by atoms with van der Waals surface area (Å²) in [6.45, 7) is 4.02. The number of aryl methyl sites for hydroxylation is 1. The summed E-state index contributed by atoms with van der Waals surface area (Å²) >= 11 is 4.28. The van der Waals surface area contributed by atoms with E-state index in [0.717, 1.165) is 11.4 Å². The molecular formula is C10H15NOS. The standard InChI is InChI=1S/C10H15NOS/c1-7-5-4-6-9(12-3)10(7)11-8(2)13/h4-6,8,11,13H,1-3H3. The van der Waals surface area contributed by atoms with Gasteiger partial charge in [-0.2, -0.15) is 12.6 Å². The third kappa shape index (κ3) is 2.56. The molecule has 0 aliphatic rings. The Morgan fingerprint density at radius 3 is 2.69 bits per heavy atom. The zero-order valence-corrected chi connectivity index (χ0v) is 9.06. The van der Waals surface area contributed by atoms with E-state index in [2.05, 4.69) is 17.9 Å². The van der Waals surface area contributed by atoms with E-state index in [-0.39, 0.29) is 5.37 Å². The summed E-state index contributed by atoms with van der Waals surface area (Å²) in [6, 6.07) is 5.95. The van der Waals surface area contributed by atoms with Gasteiger partial charge in [0.25, 0.3) is 0 Å². The van der Waals surface area contributed by atoms with Crippen LogP contribution in [0.25, 0.3) is 0 Å². The van der Waals surface area contributed by atoms with E-state index in [9.17, 15) is 0 Å². The summed E-state index contributed by atoms with van der Waals surface area (Å²) in [4.78, 5) is 0. The molecule has 72 valence electrons. The molecule has 0 radical (unpaired) electrons. The first-order valence-electron chi connectivity index (χ1n) is 4.23. The molecule has 1 unspecified atom stereocenters. The average Bonchev–Trinajstić information content (AvgIpc) is 2.08. The highest BCUT2D eigenvalue weighted by molar-refractivity contribution is 7.81. The number of methoxy groups -OCH3 is 1. The van der Waals surface area contributed by atoms with Crippen LogP contribution in [0.5, 0.6) is 5.75 Å². The number of hydrogen-bond donors (Lipinski definition) is 2. The quantitative estimate of drug-likeness (QED) is 0.574. The molecule has 1 aromatic carbocycles. The van der Waals surface area contributed by atoms with Gasteiger partial charge in [0.05, 0.1) is 18.2 Å². The molecule has 0 amide bonds. The highest BCUT2D eigenvalue weighted by Gasteiger charge is 2.06. The minimum atomic E-state index is 0.120. The van der Waals surface area contributed by atoms with Crippen LogP contribution in [0.3, 0.4) is 0 Å². The third-order valence-corrected chi connectivity index (χ3v) is 1.94. The van der Waals surface area contributed by atoms with Gasteiger partial charge in [0.1, 0.15) is 5.75 Å². The maximum atomic E-state index is 5.23. The fraction of sp³-hybridized carbons (Fsp3) is 0.400. The molecule has 0 aliphatic carbocycles. The van der Waals surface area contributed by atoms with Crippen molar-refractivity contribution in [1.82, 2.24) is 0 Å². The molecule has 0 fully saturated rings. The molecular weight excluding hydrogens is 182 g/mol. The second-order valence-electron chi connectivity index (χ2n) is 2.97. The molecule has 0 aromatic heterocycles. The number of ether oxygens (including phenoxy) is 1. The van der Waals surface area contributed by atoms with Crippen molar-refractivity contribution in [3.8, 4) is 5.75 Å². The van der Waals surface area contributed by atoms with Crippen molar-refractivity contribution in [3.05, 3.63) is 23.8 Å². The topological polar surface area (TPSA) is 21.3 Å². The average molecular weight is 197 g/mol. The van der Waals surface area contributed by atoms with E-state index in [1.165, 1.54) is 5.56 Å². The Morgan fingerprint density at radius 2 is 2.15 bits per heavy atom. The van der Waals surface area contributed by atoms with Crippen LogP contribution in [0, 0.1) is 6.92 Å². The van der Waals surface area contributed by atoms with E-state index in [0.29, 0.717) is 0 Å². The summed E-state index contributed by atoms with van der Waals surface area (Å²) in [7, 11) is 1.67. The molecule has 3 heteroatoms. The molecule has 0 saturated carbocycles. The first-order chi connectivity index (χ1) is 6.15. The van der Waals surface area contributed by atoms with Crippen molar-refractivity contribution in [2.24, 2.45) is 0 Å². The second kappa shape index (κ2) is 4.42. The largest absolute Gasteiger partial charge is 0.495 e. The highest BCUT2D eigenvalue weighted by atomic mass is 32.1. The van der Waals surface area contributed by atoms with Gasteiger partial charge in [-0.15, -0.1) is 0 Å². The molecule has 1 atom stereocenters. The van der Waals surface area contributed by atoms with Crippen molar-refractivity contribution in [2.75, 3.05) is 12.4 Å². The minimum Gasteiger partial charge on any atom is -0.495 e. The summed E-state index contributed by atoms with van der Waals surface area (Å²) < 4.78 is 5.23. The summed E-state index contributed by atoms with van der Waals surface area (Å²) in [5, 5.41) is 3.35. The van der Waals surface area contributed by atoms with Crippen LogP contribution in [-0.2, 0) is 0 Å². The van der Waals surface area contributed by atoms with E-state index in [1.807, 2.05) is 32.0 Å². The number of thiol groups is 1. The molecule has 13 heavy (non-hydrogen) atoms. The van der Waals surface area contributed by atoms with E-state index < -0.39 is 0 Å². The first kappa shape index (κ1) is 10.3. The number of rotatable bonds is 3. The Labute approximate surface area is 84.7 Å². The number of benzene rings is 1. The fourth-order valence-electron chi connectivity index (χ4n) is 1.20. The van der Waals surface area contributed by atoms with Crippen LogP contribution in [0.1, 0.15) is 12.5 Å². The molecule has 0 bridgehead atoms. The lowest BCUT2D eigenvalue weighted by Crippen LogP contribution is -2.09. The van der Waals surface area contributed by atoms with Gasteiger partial charge < -0.3 is 10.1 Å². The minimum absolute atomic E-state index is 0.120. The van der Waals surface area contributed by atoms with Crippen molar-refractivity contribution < 1.29 is 4.74 Å². The third-order valence-electron chi connectivity index (χ3n) is 1.81. The zero-order valence-electron chi connectivity index (χ0n) is 8.16. The zero-order chi connectivity index (χ0) is 9.84. The number of hydrogen-bond acceptors (Lipinski definition) is 3. The monoisotopic (exact) mass is 197 g/mol. The van der Waals surface area contributed by atoms with Gasteiger partial charge >= 0.3 is 0 Å². The van der Waals surface area contributed by atoms with Crippen LogP contribution >= 0.6 is 12.6 Å². The Kier molecular flexibility index (Phi) is 3.48. The normalized spacial score (nSPS) is 12.3. The molecule has 1 aromatic rings. The van der Waals surface area contributed by atoms with Gasteiger partial charge in [-0.25, -0.2) is 0 Å². The summed E-state index contributed by atoms with van der Waals surface area (Å²) in [5.74, 6) is 0.862. The van der Waals surface area contributed by atoms with Gasteiger partial charge in [0.2, 0.25) is 0 Å². The maximum Gasteiger partial charge on any atom is 0.142 e. The van der Waals surface area contributed by atoms with E-state index >= 15 is 0 Å². The molecule has 0 aliphatic heterocycles. The molecule has 1 rings (SSSR count). The van der Waals surface area contributed by atoms with Gasteiger partial charge in [-0.05, 0) is 25.5 Å². The number of anilines is 1.